The fourth-order valence-corrected chi connectivity index (χ4v) is 3.46. The molecule has 4 aromatic rings. The van der Waals surface area contributed by atoms with Crippen molar-refractivity contribution in [1.29, 1.82) is 0 Å². The third kappa shape index (κ3) is 6.18. The number of nitrogens with zero attached hydrogens (tertiary/aromatic N) is 2. The molecule has 0 aliphatic rings. The van der Waals surface area contributed by atoms with E-state index in [-0.39, 0.29) is 11.3 Å². The number of nitrogens with one attached hydrogen (secondary N) is 1. The van der Waals surface area contributed by atoms with Gasteiger partial charge in [-0.2, -0.15) is 0 Å². The first-order valence-electron chi connectivity index (χ1n) is 11.1. The Morgan fingerprint density at radius 3 is 2.58 bits per heavy atom. The molecule has 4 rings (SSSR count). The summed E-state index contributed by atoms with van der Waals surface area (Å²) in [6.07, 6.45) is -0.700. The summed E-state index contributed by atoms with van der Waals surface area (Å²) in [4.78, 5) is 21.5. The van der Waals surface area contributed by atoms with Crippen LogP contribution >= 0.6 is 0 Å². The Labute approximate surface area is 205 Å². The van der Waals surface area contributed by atoms with Gasteiger partial charge in [0.2, 0.25) is 5.88 Å². The second-order valence-electron chi connectivity index (χ2n) is 7.86. The smallest absolute Gasteiger partial charge is 0.438 e. The van der Waals surface area contributed by atoms with Gasteiger partial charge in [0, 0.05) is 41.0 Å². The monoisotopic (exact) mass is 493 g/mol. The van der Waals surface area contributed by atoms with E-state index in [1.807, 2.05) is 38.1 Å². The van der Waals surface area contributed by atoms with Crippen molar-refractivity contribution in [2.45, 2.75) is 26.6 Å². The van der Waals surface area contributed by atoms with Crippen LogP contribution in [0.15, 0.2) is 79.1 Å². The summed E-state index contributed by atoms with van der Waals surface area (Å²) in [5, 5.41) is 2.58. The fourth-order valence-electron chi connectivity index (χ4n) is 3.46. The second kappa shape index (κ2) is 10.5. The summed E-state index contributed by atoms with van der Waals surface area (Å²) in [5.41, 5.74) is 3.78. The van der Waals surface area contributed by atoms with Crippen molar-refractivity contribution in [3.05, 3.63) is 95.9 Å². The Morgan fingerprint density at radius 2 is 1.81 bits per heavy atom. The van der Waals surface area contributed by atoms with E-state index in [0.717, 1.165) is 40.9 Å². The molecule has 0 radical (unpaired) electrons. The predicted octanol–water partition coefficient (Wildman–Crippen LogP) is 6.96. The maximum Gasteiger partial charge on any atom is 0.573 e. The molecule has 0 spiro atoms. The van der Waals surface area contributed by atoms with Gasteiger partial charge < -0.3 is 14.8 Å². The lowest BCUT2D eigenvalue weighted by Gasteiger charge is -2.14. The summed E-state index contributed by atoms with van der Waals surface area (Å²) < 4.78 is 47.6. The Hall–Kier alpha value is -4.40. The molecule has 2 aromatic heterocycles. The molecular weight excluding hydrogens is 471 g/mol. The average molecular weight is 493 g/mol. The molecule has 2 aromatic carbocycles. The highest BCUT2D eigenvalue weighted by Gasteiger charge is 2.31. The van der Waals surface area contributed by atoms with Crippen molar-refractivity contribution < 1.29 is 27.4 Å². The SMILES string of the molecule is CCc1cc(-c2cccnc2Oc2cc(C(=O)Nc3cccc(OC(F)(F)F)c3)ccc2C)ccn1. The fraction of sp³-hybridized carbons (Fsp3) is 0.148. The number of alkyl halides is 3. The molecule has 0 bridgehead atoms. The standard InChI is InChI=1S/C27H22F3N3O3/c1-3-20-14-18(11-13-31-20)23-8-5-12-32-26(23)35-24-15-19(10-9-17(24)2)25(34)33-21-6-4-7-22(16-21)36-27(28,29)30/h4-16H,3H2,1-2H3,(H,33,34). The van der Waals surface area contributed by atoms with Crippen LogP contribution in [-0.2, 0) is 6.42 Å². The van der Waals surface area contributed by atoms with E-state index in [1.54, 1.807) is 30.6 Å². The van der Waals surface area contributed by atoms with Crippen LogP contribution in [0.5, 0.6) is 17.4 Å². The van der Waals surface area contributed by atoms with Crippen molar-refractivity contribution in [3.63, 3.8) is 0 Å². The molecule has 0 saturated heterocycles. The molecule has 184 valence electrons. The Morgan fingerprint density at radius 1 is 0.972 bits per heavy atom. The molecule has 1 N–H and O–H groups in total. The van der Waals surface area contributed by atoms with Gasteiger partial charge in [0.05, 0.1) is 0 Å². The quantitative estimate of drug-likeness (QED) is 0.301. The number of halogens is 3. The van der Waals surface area contributed by atoms with E-state index in [9.17, 15) is 18.0 Å². The highest BCUT2D eigenvalue weighted by Crippen LogP contribution is 2.33. The molecule has 0 atom stereocenters. The normalized spacial score (nSPS) is 11.1. The highest BCUT2D eigenvalue weighted by atomic mass is 19.4. The van der Waals surface area contributed by atoms with Gasteiger partial charge >= 0.3 is 6.36 Å². The van der Waals surface area contributed by atoms with Crippen molar-refractivity contribution >= 4 is 11.6 Å². The molecule has 2 heterocycles. The lowest BCUT2D eigenvalue weighted by atomic mass is 10.1. The maximum atomic E-state index is 12.8. The number of carbonyl (C=O) groups is 1. The number of ether oxygens (including phenoxy) is 2. The minimum absolute atomic E-state index is 0.154. The molecule has 0 unspecified atom stereocenters. The van der Waals surface area contributed by atoms with Crippen LogP contribution in [0.3, 0.4) is 0 Å². The summed E-state index contributed by atoms with van der Waals surface area (Å²) in [7, 11) is 0. The van der Waals surface area contributed by atoms with Gasteiger partial charge in [-0.25, -0.2) is 4.98 Å². The number of carbonyl (C=O) groups excluding carboxylic acids is 1. The first kappa shape index (κ1) is 24.7. The van der Waals surface area contributed by atoms with Crippen LogP contribution in [0.4, 0.5) is 18.9 Å². The first-order valence-corrected chi connectivity index (χ1v) is 11.1. The number of aromatic nitrogens is 2. The maximum absolute atomic E-state index is 12.8. The Kier molecular flexibility index (Phi) is 7.19. The zero-order chi connectivity index (χ0) is 25.7. The number of rotatable bonds is 7. The number of aryl methyl sites for hydroxylation is 2. The van der Waals surface area contributed by atoms with Crippen molar-refractivity contribution in [1.82, 2.24) is 9.97 Å². The summed E-state index contributed by atoms with van der Waals surface area (Å²) in [6.45, 7) is 3.85. The van der Waals surface area contributed by atoms with Crippen LogP contribution < -0.4 is 14.8 Å². The third-order valence-electron chi connectivity index (χ3n) is 5.24. The average Bonchev–Trinajstić information content (AvgIpc) is 2.85. The molecule has 0 fully saturated rings. The minimum atomic E-state index is -4.83. The van der Waals surface area contributed by atoms with E-state index in [0.29, 0.717) is 11.6 Å². The third-order valence-corrected chi connectivity index (χ3v) is 5.24. The van der Waals surface area contributed by atoms with E-state index in [1.165, 1.54) is 12.1 Å². The summed E-state index contributed by atoms with van der Waals surface area (Å²) in [6, 6.07) is 17.5. The number of anilines is 1. The van der Waals surface area contributed by atoms with Crippen LogP contribution in [0.25, 0.3) is 11.1 Å². The van der Waals surface area contributed by atoms with Gasteiger partial charge in [-0.15, -0.1) is 13.2 Å². The topological polar surface area (TPSA) is 73.3 Å². The van der Waals surface area contributed by atoms with E-state index in [2.05, 4.69) is 20.0 Å². The van der Waals surface area contributed by atoms with E-state index >= 15 is 0 Å². The predicted molar refractivity (Wildman–Crippen MR) is 129 cm³/mol. The molecular formula is C27H22F3N3O3. The van der Waals surface area contributed by atoms with Crippen molar-refractivity contribution in [2.24, 2.45) is 0 Å². The molecule has 6 nitrogen and oxygen atoms in total. The first-order chi connectivity index (χ1) is 17.2. The summed E-state index contributed by atoms with van der Waals surface area (Å²) in [5.74, 6) is -0.171. The zero-order valence-corrected chi connectivity index (χ0v) is 19.5. The molecule has 36 heavy (non-hydrogen) atoms. The lowest BCUT2D eigenvalue weighted by Crippen LogP contribution is -2.17. The number of amides is 1. The highest BCUT2D eigenvalue weighted by molar-refractivity contribution is 6.04. The molecule has 0 aliphatic carbocycles. The van der Waals surface area contributed by atoms with Crippen LogP contribution in [-0.4, -0.2) is 22.2 Å². The van der Waals surface area contributed by atoms with Crippen LogP contribution in [0.1, 0.15) is 28.5 Å². The van der Waals surface area contributed by atoms with Crippen molar-refractivity contribution in [3.8, 4) is 28.5 Å². The Balaban J connectivity index is 1.57. The molecule has 9 heteroatoms. The van der Waals surface area contributed by atoms with Crippen LogP contribution in [0, 0.1) is 6.92 Å². The van der Waals surface area contributed by atoms with Gasteiger partial charge in [-0.1, -0.05) is 19.1 Å². The number of hydrogen-bond donors (Lipinski definition) is 1. The lowest BCUT2D eigenvalue weighted by molar-refractivity contribution is -0.274. The minimum Gasteiger partial charge on any atom is -0.438 e. The number of benzene rings is 2. The molecule has 0 saturated carbocycles. The van der Waals surface area contributed by atoms with Gasteiger partial charge in [-0.05, 0) is 73.0 Å². The number of hydrogen-bond acceptors (Lipinski definition) is 5. The zero-order valence-electron chi connectivity index (χ0n) is 19.5. The molecule has 1 amide bonds. The number of pyridine rings is 2. The molecule has 0 aliphatic heterocycles. The second-order valence-corrected chi connectivity index (χ2v) is 7.86. The van der Waals surface area contributed by atoms with Crippen LogP contribution in [0.2, 0.25) is 0 Å². The Bertz CT molecular complexity index is 1390. The van der Waals surface area contributed by atoms with E-state index < -0.39 is 18.0 Å². The van der Waals surface area contributed by atoms with Gasteiger partial charge in [-0.3, -0.25) is 9.78 Å². The van der Waals surface area contributed by atoms with Gasteiger partial charge in [0.25, 0.3) is 5.91 Å². The van der Waals surface area contributed by atoms with Crippen molar-refractivity contribution in [2.75, 3.05) is 5.32 Å². The largest absolute Gasteiger partial charge is 0.573 e. The van der Waals surface area contributed by atoms with Gasteiger partial charge in [0.1, 0.15) is 11.5 Å². The summed E-state index contributed by atoms with van der Waals surface area (Å²) >= 11 is 0. The van der Waals surface area contributed by atoms with E-state index in [4.69, 9.17) is 4.74 Å². The van der Waals surface area contributed by atoms with Gasteiger partial charge in [0.15, 0.2) is 0 Å².